The Kier molecular flexibility index (Phi) is 4.62. The highest BCUT2D eigenvalue weighted by Gasteiger charge is 2.20. The zero-order valence-electron chi connectivity index (χ0n) is 8.31. The van der Waals surface area contributed by atoms with E-state index in [9.17, 15) is 0 Å². The first-order valence-electron chi connectivity index (χ1n) is 5.19. The Morgan fingerprint density at radius 3 is 2.75 bits per heavy atom. The molecule has 1 saturated heterocycles. The van der Waals surface area contributed by atoms with Crippen molar-refractivity contribution in [2.75, 3.05) is 13.1 Å². The van der Waals surface area contributed by atoms with Crippen molar-refractivity contribution in [3.63, 3.8) is 0 Å². The van der Waals surface area contributed by atoms with Gasteiger partial charge < -0.3 is 10.1 Å². The van der Waals surface area contributed by atoms with E-state index in [2.05, 4.69) is 19.2 Å². The number of ether oxygens (including phenoxy) is 1. The molecule has 0 aromatic rings. The molecule has 72 valence electrons. The van der Waals surface area contributed by atoms with Crippen LogP contribution in [-0.4, -0.2) is 25.3 Å². The van der Waals surface area contributed by atoms with Gasteiger partial charge in [-0.05, 0) is 45.7 Å². The molecule has 0 bridgehead atoms. The molecule has 2 heteroatoms. The lowest BCUT2D eigenvalue weighted by Gasteiger charge is -2.10. The van der Waals surface area contributed by atoms with E-state index >= 15 is 0 Å². The molecule has 1 fully saturated rings. The van der Waals surface area contributed by atoms with Gasteiger partial charge in [-0.15, -0.1) is 0 Å². The topological polar surface area (TPSA) is 21.3 Å². The Hall–Kier alpha value is -0.0800. The predicted molar refractivity (Wildman–Crippen MR) is 51.3 cm³/mol. The van der Waals surface area contributed by atoms with Gasteiger partial charge in [0.15, 0.2) is 0 Å². The monoisotopic (exact) mass is 171 g/mol. The standard InChI is InChI=1S/C10H21NO/c1-3-7-11-8-6-10-5-4-9(2)12-10/h9-11H,3-8H2,1-2H3. The first kappa shape index (κ1) is 10.0. The van der Waals surface area contributed by atoms with Crippen LogP contribution in [0.15, 0.2) is 0 Å². The highest BCUT2D eigenvalue weighted by Crippen LogP contribution is 2.20. The summed E-state index contributed by atoms with van der Waals surface area (Å²) in [6.45, 7) is 6.62. The molecule has 0 aromatic heterocycles. The van der Waals surface area contributed by atoms with Crippen molar-refractivity contribution in [1.29, 1.82) is 0 Å². The normalized spacial score (nSPS) is 29.5. The van der Waals surface area contributed by atoms with Gasteiger partial charge >= 0.3 is 0 Å². The summed E-state index contributed by atoms with van der Waals surface area (Å²) in [6, 6.07) is 0. The third-order valence-corrected chi connectivity index (χ3v) is 2.39. The van der Waals surface area contributed by atoms with Crippen molar-refractivity contribution in [2.45, 2.75) is 51.7 Å². The zero-order chi connectivity index (χ0) is 8.81. The number of hydrogen-bond donors (Lipinski definition) is 1. The van der Waals surface area contributed by atoms with Crippen LogP contribution >= 0.6 is 0 Å². The van der Waals surface area contributed by atoms with Gasteiger partial charge in [0.1, 0.15) is 0 Å². The molecule has 0 radical (unpaired) electrons. The van der Waals surface area contributed by atoms with Gasteiger partial charge in [0, 0.05) is 0 Å². The van der Waals surface area contributed by atoms with Gasteiger partial charge in [0.2, 0.25) is 0 Å². The van der Waals surface area contributed by atoms with Crippen LogP contribution < -0.4 is 5.32 Å². The first-order chi connectivity index (χ1) is 5.83. The molecule has 2 unspecified atom stereocenters. The molecule has 0 spiro atoms. The Morgan fingerprint density at radius 2 is 2.17 bits per heavy atom. The molecule has 1 aliphatic heterocycles. The summed E-state index contributed by atoms with van der Waals surface area (Å²) in [7, 11) is 0. The van der Waals surface area contributed by atoms with Crippen LogP contribution in [-0.2, 0) is 4.74 Å². The van der Waals surface area contributed by atoms with Crippen LogP contribution in [0.2, 0.25) is 0 Å². The van der Waals surface area contributed by atoms with Gasteiger partial charge in [0.05, 0.1) is 12.2 Å². The first-order valence-corrected chi connectivity index (χ1v) is 5.19. The van der Waals surface area contributed by atoms with Crippen LogP contribution in [0.25, 0.3) is 0 Å². The second-order valence-electron chi connectivity index (χ2n) is 3.68. The highest BCUT2D eigenvalue weighted by atomic mass is 16.5. The van der Waals surface area contributed by atoms with Gasteiger partial charge in [-0.3, -0.25) is 0 Å². The zero-order valence-corrected chi connectivity index (χ0v) is 8.31. The summed E-state index contributed by atoms with van der Waals surface area (Å²) in [4.78, 5) is 0. The molecule has 0 saturated carbocycles. The lowest BCUT2D eigenvalue weighted by Crippen LogP contribution is -2.21. The maximum atomic E-state index is 5.70. The summed E-state index contributed by atoms with van der Waals surface area (Å²) >= 11 is 0. The van der Waals surface area contributed by atoms with Crippen LogP contribution in [0.4, 0.5) is 0 Å². The summed E-state index contributed by atoms with van der Waals surface area (Å²) in [5, 5.41) is 3.40. The van der Waals surface area contributed by atoms with E-state index in [0.29, 0.717) is 12.2 Å². The minimum Gasteiger partial charge on any atom is -0.375 e. The van der Waals surface area contributed by atoms with E-state index < -0.39 is 0 Å². The molecule has 1 rings (SSSR count). The summed E-state index contributed by atoms with van der Waals surface area (Å²) in [5.74, 6) is 0. The van der Waals surface area contributed by atoms with E-state index in [1.165, 1.54) is 25.7 Å². The predicted octanol–water partition coefficient (Wildman–Crippen LogP) is 1.94. The van der Waals surface area contributed by atoms with Crippen LogP contribution in [0.1, 0.15) is 39.5 Å². The average Bonchev–Trinajstić information content (AvgIpc) is 2.45. The molecular formula is C10H21NO. The largest absolute Gasteiger partial charge is 0.375 e. The lowest BCUT2D eigenvalue weighted by atomic mass is 10.1. The van der Waals surface area contributed by atoms with Gasteiger partial charge in [0.25, 0.3) is 0 Å². The van der Waals surface area contributed by atoms with E-state index in [4.69, 9.17) is 4.74 Å². The molecular weight excluding hydrogens is 150 g/mol. The third kappa shape index (κ3) is 3.55. The van der Waals surface area contributed by atoms with Crippen molar-refractivity contribution in [2.24, 2.45) is 0 Å². The van der Waals surface area contributed by atoms with Crippen molar-refractivity contribution in [3.8, 4) is 0 Å². The van der Waals surface area contributed by atoms with E-state index in [1.807, 2.05) is 0 Å². The maximum Gasteiger partial charge on any atom is 0.0591 e. The smallest absolute Gasteiger partial charge is 0.0591 e. The number of hydrogen-bond acceptors (Lipinski definition) is 2. The van der Waals surface area contributed by atoms with Crippen LogP contribution in [0.3, 0.4) is 0 Å². The molecule has 0 amide bonds. The molecule has 2 atom stereocenters. The lowest BCUT2D eigenvalue weighted by molar-refractivity contribution is 0.0512. The number of nitrogens with one attached hydrogen (secondary N) is 1. The second kappa shape index (κ2) is 5.55. The fraction of sp³-hybridized carbons (Fsp3) is 1.00. The Balaban J connectivity index is 1.93. The van der Waals surface area contributed by atoms with Crippen molar-refractivity contribution in [1.82, 2.24) is 5.32 Å². The van der Waals surface area contributed by atoms with Crippen molar-refractivity contribution in [3.05, 3.63) is 0 Å². The van der Waals surface area contributed by atoms with E-state index in [1.54, 1.807) is 0 Å². The van der Waals surface area contributed by atoms with Crippen LogP contribution in [0.5, 0.6) is 0 Å². The minimum absolute atomic E-state index is 0.501. The molecule has 12 heavy (non-hydrogen) atoms. The maximum absolute atomic E-state index is 5.70. The molecule has 1 aliphatic rings. The fourth-order valence-corrected chi connectivity index (χ4v) is 1.66. The molecule has 0 aromatic carbocycles. The molecule has 1 N–H and O–H groups in total. The van der Waals surface area contributed by atoms with Crippen LogP contribution in [0, 0.1) is 0 Å². The summed E-state index contributed by atoms with van der Waals surface area (Å²) in [6.07, 6.45) is 5.95. The summed E-state index contributed by atoms with van der Waals surface area (Å²) in [5.41, 5.74) is 0. The van der Waals surface area contributed by atoms with Gasteiger partial charge in [-0.2, -0.15) is 0 Å². The second-order valence-corrected chi connectivity index (χ2v) is 3.68. The SMILES string of the molecule is CCCNCCC1CCC(C)O1. The fourth-order valence-electron chi connectivity index (χ4n) is 1.66. The minimum atomic E-state index is 0.501. The molecule has 0 aliphatic carbocycles. The number of rotatable bonds is 5. The summed E-state index contributed by atoms with van der Waals surface area (Å²) < 4.78 is 5.70. The van der Waals surface area contributed by atoms with Gasteiger partial charge in [-0.1, -0.05) is 6.92 Å². The average molecular weight is 171 g/mol. The third-order valence-electron chi connectivity index (χ3n) is 2.39. The quantitative estimate of drug-likeness (QED) is 0.638. The Bertz CT molecular complexity index is 116. The van der Waals surface area contributed by atoms with Crippen molar-refractivity contribution >= 4 is 0 Å². The Labute approximate surface area is 75.7 Å². The highest BCUT2D eigenvalue weighted by molar-refractivity contribution is 4.70. The molecule has 1 heterocycles. The van der Waals surface area contributed by atoms with E-state index in [-0.39, 0.29) is 0 Å². The van der Waals surface area contributed by atoms with Crippen molar-refractivity contribution < 1.29 is 4.74 Å². The Morgan fingerprint density at radius 1 is 1.33 bits per heavy atom. The van der Waals surface area contributed by atoms with E-state index in [0.717, 1.165) is 13.1 Å². The molecule has 2 nitrogen and oxygen atoms in total. The van der Waals surface area contributed by atoms with Gasteiger partial charge in [-0.25, -0.2) is 0 Å².